The van der Waals surface area contributed by atoms with Crippen molar-refractivity contribution in [1.82, 2.24) is 0 Å². The van der Waals surface area contributed by atoms with Gasteiger partial charge < -0.3 is 0 Å². The first-order chi connectivity index (χ1) is 10.1. The SMILES string of the molecule is Cc1ccc(C(Cl)c2ccc(C)c3ccccc23)c(F)c1. The van der Waals surface area contributed by atoms with E-state index in [0.717, 1.165) is 21.9 Å². The summed E-state index contributed by atoms with van der Waals surface area (Å²) >= 11 is 6.58. The monoisotopic (exact) mass is 298 g/mol. The van der Waals surface area contributed by atoms with Gasteiger partial charge in [-0.05, 0) is 47.4 Å². The molecular formula is C19H16ClF. The number of halogens is 2. The van der Waals surface area contributed by atoms with Gasteiger partial charge in [-0.15, -0.1) is 11.6 Å². The molecule has 0 fully saturated rings. The van der Waals surface area contributed by atoms with Gasteiger partial charge in [-0.2, -0.15) is 0 Å². The number of benzene rings is 3. The van der Waals surface area contributed by atoms with Crippen molar-refractivity contribution in [1.29, 1.82) is 0 Å². The molecule has 0 aromatic heterocycles. The summed E-state index contributed by atoms with van der Waals surface area (Å²) in [7, 11) is 0. The highest BCUT2D eigenvalue weighted by atomic mass is 35.5. The molecule has 0 aliphatic carbocycles. The maximum absolute atomic E-state index is 14.2. The highest BCUT2D eigenvalue weighted by Gasteiger charge is 2.18. The second-order valence-corrected chi connectivity index (χ2v) is 5.84. The fourth-order valence-corrected chi connectivity index (χ4v) is 3.07. The molecule has 3 aromatic carbocycles. The lowest BCUT2D eigenvalue weighted by molar-refractivity contribution is 0.611. The second-order valence-electron chi connectivity index (χ2n) is 5.40. The third-order valence-electron chi connectivity index (χ3n) is 3.88. The number of fused-ring (bicyclic) bond motifs is 1. The molecule has 1 atom stereocenters. The first-order valence-electron chi connectivity index (χ1n) is 6.96. The van der Waals surface area contributed by atoms with Gasteiger partial charge in [0, 0.05) is 5.56 Å². The van der Waals surface area contributed by atoms with Crippen LogP contribution in [-0.2, 0) is 0 Å². The summed E-state index contributed by atoms with van der Waals surface area (Å²) in [6, 6.07) is 17.3. The molecule has 1 unspecified atom stereocenters. The second kappa shape index (κ2) is 5.50. The molecule has 3 aromatic rings. The third-order valence-corrected chi connectivity index (χ3v) is 4.35. The van der Waals surface area contributed by atoms with E-state index in [1.165, 1.54) is 11.6 Å². The Morgan fingerprint density at radius 2 is 1.52 bits per heavy atom. The normalized spacial score (nSPS) is 12.6. The minimum atomic E-state index is -0.490. The van der Waals surface area contributed by atoms with E-state index in [1.807, 2.05) is 43.3 Å². The van der Waals surface area contributed by atoms with Crippen molar-refractivity contribution in [3.05, 3.63) is 82.7 Å². The van der Waals surface area contributed by atoms with Gasteiger partial charge in [0.1, 0.15) is 5.82 Å². The van der Waals surface area contributed by atoms with Crippen molar-refractivity contribution in [2.45, 2.75) is 19.2 Å². The summed E-state index contributed by atoms with van der Waals surface area (Å²) in [5, 5.41) is 1.75. The van der Waals surface area contributed by atoms with Crippen LogP contribution in [-0.4, -0.2) is 0 Å². The Balaban J connectivity index is 2.18. The Morgan fingerprint density at radius 1 is 0.857 bits per heavy atom. The summed E-state index contributed by atoms with van der Waals surface area (Å²) in [5.41, 5.74) is 3.56. The molecule has 0 nitrogen and oxygen atoms in total. The molecule has 3 rings (SSSR count). The zero-order valence-electron chi connectivity index (χ0n) is 12.0. The molecule has 2 heteroatoms. The topological polar surface area (TPSA) is 0 Å². The predicted molar refractivity (Wildman–Crippen MR) is 87.5 cm³/mol. The van der Waals surface area contributed by atoms with Gasteiger partial charge in [-0.1, -0.05) is 48.5 Å². The number of hydrogen-bond acceptors (Lipinski definition) is 0. The van der Waals surface area contributed by atoms with Crippen LogP contribution in [0.15, 0.2) is 54.6 Å². The quantitative estimate of drug-likeness (QED) is 0.515. The van der Waals surface area contributed by atoms with Crippen LogP contribution in [0.1, 0.15) is 27.6 Å². The summed E-state index contributed by atoms with van der Waals surface area (Å²) in [5.74, 6) is -0.250. The van der Waals surface area contributed by atoms with Crippen LogP contribution in [0.4, 0.5) is 4.39 Å². The smallest absolute Gasteiger partial charge is 0.128 e. The molecule has 0 aliphatic heterocycles. The molecule has 0 saturated carbocycles. The molecule has 0 radical (unpaired) electrons. The van der Waals surface area contributed by atoms with E-state index in [2.05, 4.69) is 13.0 Å². The van der Waals surface area contributed by atoms with Gasteiger partial charge >= 0.3 is 0 Å². The largest absolute Gasteiger partial charge is 0.207 e. The lowest BCUT2D eigenvalue weighted by Crippen LogP contribution is -1.99. The van der Waals surface area contributed by atoms with Crippen LogP contribution >= 0.6 is 11.6 Å². The van der Waals surface area contributed by atoms with Crippen LogP contribution in [0.5, 0.6) is 0 Å². The Bertz CT molecular complexity index is 808. The molecule has 106 valence electrons. The van der Waals surface area contributed by atoms with E-state index in [4.69, 9.17) is 11.6 Å². The third kappa shape index (κ3) is 2.54. The number of rotatable bonds is 2. The zero-order valence-corrected chi connectivity index (χ0v) is 12.8. The first-order valence-corrected chi connectivity index (χ1v) is 7.40. The van der Waals surface area contributed by atoms with E-state index in [1.54, 1.807) is 6.07 Å². The molecule has 0 bridgehead atoms. The van der Waals surface area contributed by atoms with Crippen molar-refractivity contribution in [2.75, 3.05) is 0 Å². The maximum atomic E-state index is 14.2. The first kappa shape index (κ1) is 14.1. The molecule has 0 amide bonds. The summed E-state index contributed by atoms with van der Waals surface area (Å²) in [6.45, 7) is 3.94. The van der Waals surface area contributed by atoms with Crippen molar-refractivity contribution in [2.24, 2.45) is 0 Å². The van der Waals surface area contributed by atoms with Crippen LogP contribution in [0.25, 0.3) is 10.8 Å². The molecule has 0 N–H and O–H groups in total. The van der Waals surface area contributed by atoms with Crippen molar-refractivity contribution >= 4 is 22.4 Å². The van der Waals surface area contributed by atoms with Crippen molar-refractivity contribution in [3.8, 4) is 0 Å². The van der Waals surface area contributed by atoms with Crippen molar-refractivity contribution in [3.63, 3.8) is 0 Å². The molecule has 0 aliphatic rings. The Hall–Kier alpha value is -1.86. The highest BCUT2D eigenvalue weighted by Crippen LogP contribution is 2.36. The van der Waals surface area contributed by atoms with Crippen LogP contribution in [0.3, 0.4) is 0 Å². The van der Waals surface area contributed by atoms with Crippen molar-refractivity contribution < 1.29 is 4.39 Å². The fraction of sp³-hybridized carbons (Fsp3) is 0.158. The van der Waals surface area contributed by atoms with Crippen LogP contribution < -0.4 is 0 Å². The zero-order chi connectivity index (χ0) is 15.0. The van der Waals surface area contributed by atoms with Gasteiger partial charge in [-0.25, -0.2) is 4.39 Å². The summed E-state index contributed by atoms with van der Waals surface area (Å²) in [4.78, 5) is 0. The fourth-order valence-electron chi connectivity index (χ4n) is 2.70. The Morgan fingerprint density at radius 3 is 2.24 bits per heavy atom. The van der Waals surface area contributed by atoms with Gasteiger partial charge in [0.15, 0.2) is 0 Å². The maximum Gasteiger partial charge on any atom is 0.128 e. The Kier molecular flexibility index (Phi) is 3.69. The molecule has 0 spiro atoms. The van der Waals surface area contributed by atoms with Gasteiger partial charge in [0.05, 0.1) is 5.38 Å². The number of aryl methyl sites for hydroxylation is 2. The van der Waals surface area contributed by atoms with Crippen LogP contribution in [0, 0.1) is 19.7 Å². The standard InChI is InChI=1S/C19H16ClF/c1-12-7-9-17(18(21)11-12)19(20)16-10-8-13(2)14-5-3-4-6-15(14)16/h3-11,19H,1-2H3. The minimum absolute atomic E-state index is 0.250. The molecular weight excluding hydrogens is 283 g/mol. The lowest BCUT2D eigenvalue weighted by Gasteiger charge is -2.15. The van der Waals surface area contributed by atoms with E-state index >= 15 is 0 Å². The average Bonchev–Trinajstić information content (AvgIpc) is 2.47. The van der Waals surface area contributed by atoms with E-state index in [9.17, 15) is 4.39 Å². The highest BCUT2D eigenvalue weighted by molar-refractivity contribution is 6.23. The average molecular weight is 299 g/mol. The summed E-state index contributed by atoms with van der Waals surface area (Å²) < 4.78 is 14.2. The van der Waals surface area contributed by atoms with Gasteiger partial charge in [0.25, 0.3) is 0 Å². The van der Waals surface area contributed by atoms with Crippen LogP contribution in [0.2, 0.25) is 0 Å². The van der Waals surface area contributed by atoms with E-state index in [-0.39, 0.29) is 5.82 Å². The minimum Gasteiger partial charge on any atom is -0.207 e. The Labute approximate surface area is 129 Å². The molecule has 0 heterocycles. The predicted octanol–water partition coefficient (Wildman–Crippen LogP) is 5.92. The molecule has 0 saturated heterocycles. The summed E-state index contributed by atoms with van der Waals surface area (Å²) in [6.07, 6.45) is 0. The van der Waals surface area contributed by atoms with Gasteiger partial charge in [0.2, 0.25) is 0 Å². The van der Waals surface area contributed by atoms with E-state index in [0.29, 0.717) is 5.56 Å². The lowest BCUT2D eigenvalue weighted by atomic mass is 9.95. The number of hydrogen-bond donors (Lipinski definition) is 0. The van der Waals surface area contributed by atoms with E-state index < -0.39 is 5.38 Å². The number of alkyl halides is 1. The van der Waals surface area contributed by atoms with Gasteiger partial charge in [-0.3, -0.25) is 0 Å². The molecule has 21 heavy (non-hydrogen) atoms.